The molecule has 1 aliphatic heterocycles. The second kappa shape index (κ2) is 4.92. The van der Waals surface area contributed by atoms with Gasteiger partial charge in [0, 0.05) is 16.7 Å². The van der Waals surface area contributed by atoms with Crippen molar-refractivity contribution in [2.75, 3.05) is 18.5 Å². The molecule has 0 spiro atoms. The van der Waals surface area contributed by atoms with Gasteiger partial charge in [0.2, 0.25) is 0 Å². The van der Waals surface area contributed by atoms with Crippen molar-refractivity contribution < 1.29 is 9.53 Å². The van der Waals surface area contributed by atoms with Gasteiger partial charge in [0.05, 0.1) is 12.2 Å². The van der Waals surface area contributed by atoms with E-state index in [-0.39, 0.29) is 5.97 Å². The molecule has 4 heteroatoms. The summed E-state index contributed by atoms with van der Waals surface area (Å²) in [6.45, 7) is 4.77. The largest absolute Gasteiger partial charge is 0.463 e. The van der Waals surface area contributed by atoms with Crippen LogP contribution in [0.25, 0.3) is 6.08 Å². The second-order valence-corrected chi connectivity index (χ2v) is 4.73. The first-order valence-corrected chi connectivity index (χ1v) is 6.33. The fourth-order valence-electron chi connectivity index (χ4n) is 1.84. The zero-order chi connectivity index (χ0) is 12.4. The number of nitrogens with one attached hydrogen (secondary N) is 1. The molecule has 90 valence electrons. The standard InChI is InChI=1S/C13H14BrNO2/c1-3-17-13(16)10-6-9-4-5-11(14)8(2)12(9)15-7-10/h4-6,15H,3,7H2,1-2H3. The smallest absolute Gasteiger partial charge is 0.335 e. The molecule has 3 nitrogen and oxygen atoms in total. The van der Waals surface area contributed by atoms with E-state index in [1.165, 1.54) is 0 Å². The number of anilines is 1. The van der Waals surface area contributed by atoms with Crippen molar-refractivity contribution in [3.63, 3.8) is 0 Å². The van der Waals surface area contributed by atoms with E-state index in [0.29, 0.717) is 18.7 Å². The molecule has 0 atom stereocenters. The number of carbonyl (C=O) groups is 1. The van der Waals surface area contributed by atoms with Crippen LogP contribution in [0.15, 0.2) is 22.2 Å². The normalized spacial score (nSPS) is 13.5. The maximum Gasteiger partial charge on any atom is 0.335 e. The van der Waals surface area contributed by atoms with Gasteiger partial charge < -0.3 is 10.1 Å². The molecule has 0 amide bonds. The van der Waals surface area contributed by atoms with E-state index >= 15 is 0 Å². The summed E-state index contributed by atoms with van der Waals surface area (Å²) in [4.78, 5) is 11.6. The molecular weight excluding hydrogens is 282 g/mol. The number of carbonyl (C=O) groups excluding carboxylic acids is 1. The first-order chi connectivity index (χ1) is 8.13. The molecule has 1 aromatic carbocycles. The molecule has 0 unspecified atom stereocenters. The highest BCUT2D eigenvalue weighted by atomic mass is 79.9. The van der Waals surface area contributed by atoms with Crippen LogP contribution in [0.3, 0.4) is 0 Å². The van der Waals surface area contributed by atoms with Crippen LogP contribution in [-0.4, -0.2) is 19.1 Å². The van der Waals surface area contributed by atoms with Crippen molar-refractivity contribution in [1.82, 2.24) is 0 Å². The third-order valence-electron chi connectivity index (χ3n) is 2.75. The number of hydrogen-bond donors (Lipinski definition) is 1. The van der Waals surface area contributed by atoms with Gasteiger partial charge in [-0.3, -0.25) is 0 Å². The van der Waals surface area contributed by atoms with Crippen molar-refractivity contribution >= 4 is 33.7 Å². The summed E-state index contributed by atoms with van der Waals surface area (Å²) >= 11 is 3.49. The molecule has 0 saturated heterocycles. The number of esters is 1. The van der Waals surface area contributed by atoms with E-state index in [1.54, 1.807) is 0 Å². The summed E-state index contributed by atoms with van der Waals surface area (Å²) in [5.41, 5.74) is 3.93. The van der Waals surface area contributed by atoms with Crippen LogP contribution in [0, 0.1) is 6.92 Å². The Kier molecular flexibility index (Phi) is 3.52. The van der Waals surface area contributed by atoms with Gasteiger partial charge >= 0.3 is 5.97 Å². The summed E-state index contributed by atoms with van der Waals surface area (Å²) in [7, 11) is 0. The van der Waals surface area contributed by atoms with Crippen LogP contribution >= 0.6 is 15.9 Å². The van der Waals surface area contributed by atoms with Gasteiger partial charge in [-0.05, 0) is 37.1 Å². The second-order valence-electron chi connectivity index (χ2n) is 3.88. The maximum absolute atomic E-state index is 11.6. The van der Waals surface area contributed by atoms with E-state index in [2.05, 4.69) is 21.2 Å². The zero-order valence-corrected chi connectivity index (χ0v) is 11.4. The Morgan fingerprint density at radius 3 is 3.00 bits per heavy atom. The molecule has 0 radical (unpaired) electrons. The number of fused-ring (bicyclic) bond motifs is 1. The molecule has 0 saturated carbocycles. The molecule has 0 bridgehead atoms. The Hall–Kier alpha value is -1.29. The summed E-state index contributed by atoms with van der Waals surface area (Å²) in [5.74, 6) is -0.244. The minimum Gasteiger partial charge on any atom is -0.463 e. The molecule has 1 heterocycles. The monoisotopic (exact) mass is 295 g/mol. The highest BCUT2D eigenvalue weighted by molar-refractivity contribution is 9.10. The number of halogens is 1. The lowest BCUT2D eigenvalue weighted by molar-refractivity contribution is -0.138. The number of ether oxygens (including phenoxy) is 1. The lowest BCUT2D eigenvalue weighted by atomic mass is 10.0. The number of hydrogen-bond acceptors (Lipinski definition) is 3. The van der Waals surface area contributed by atoms with Crippen LogP contribution in [0.4, 0.5) is 5.69 Å². The quantitative estimate of drug-likeness (QED) is 0.852. The van der Waals surface area contributed by atoms with Crippen molar-refractivity contribution in [1.29, 1.82) is 0 Å². The fraction of sp³-hybridized carbons (Fsp3) is 0.308. The minimum atomic E-state index is -0.244. The molecule has 17 heavy (non-hydrogen) atoms. The molecular formula is C13H14BrNO2. The Bertz CT molecular complexity index is 494. The first-order valence-electron chi connectivity index (χ1n) is 5.54. The average molecular weight is 296 g/mol. The molecule has 0 fully saturated rings. The lowest BCUT2D eigenvalue weighted by Gasteiger charge is -2.20. The van der Waals surface area contributed by atoms with E-state index < -0.39 is 0 Å². The highest BCUT2D eigenvalue weighted by Crippen LogP contribution is 2.32. The van der Waals surface area contributed by atoms with Crippen LogP contribution in [0.5, 0.6) is 0 Å². The summed E-state index contributed by atoms with van der Waals surface area (Å²) in [6, 6.07) is 3.97. The Morgan fingerprint density at radius 1 is 1.53 bits per heavy atom. The van der Waals surface area contributed by atoms with Gasteiger partial charge in [0.15, 0.2) is 0 Å². The van der Waals surface area contributed by atoms with Crippen LogP contribution in [-0.2, 0) is 9.53 Å². The number of benzene rings is 1. The fourth-order valence-corrected chi connectivity index (χ4v) is 2.17. The maximum atomic E-state index is 11.6. The number of rotatable bonds is 2. The third-order valence-corrected chi connectivity index (χ3v) is 3.61. The Labute approximate surface area is 109 Å². The van der Waals surface area contributed by atoms with Crippen LogP contribution < -0.4 is 5.32 Å². The Morgan fingerprint density at radius 2 is 2.29 bits per heavy atom. The topological polar surface area (TPSA) is 38.3 Å². The molecule has 1 N–H and O–H groups in total. The van der Waals surface area contributed by atoms with Crippen LogP contribution in [0.2, 0.25) is 0 Å². The van der Waals surface area contributed by atoms with Gasteiger partial charge in [-0.25, -0.2) is 4.79 Å². The SMILES string of the molecule is CCOC(=O)C1=Cc2ccc(Br)c(C)c2NC1. The van der Waals surface area contributed by atoms with Crippen molar-refractivity contribution in [3.05, 3.63) is 33.3 Å². The van der Waals surface area contributed by atoms with Crippen molar-refractivity contribution in [3.8, 4) is 0 Å². The predicted octanol–water partition coefficient (Wildman–Crippen LogP) is 3.13. The highest BCUT2D eigenvalue weighted by Gasteiger charge is 2.18. The Balaban J connectivity index is 2.36. The summed E-state index contributed by atoms with van der Waals surface area (Å²) in [5, 5.41) is 3.26. The predicted molar refractivity (Wildman–Crippen MR) is 72.0 cm³/mol. The van der Waals surface area contributed by atoms with Crippen molar-refractivity contribution in [2.24, 2.45) is 0 Å². The van der Waals surface area contributed by atoms with E-state index in [0.717, 1.165) is 21.3 Å². The van der Waals surface area contributed by atoms with Crippen LogP contribution in [0.1, 0.15) is 18.1 Å². The van der Waals surface area contributed by atoms with Gasteiger partial charge in [0.25, 0.3) is 0 Å². The molecule has 2 rings (SSSR count). The van der Waals surface area contributed by atoms with Gasteiger partial charge in [-0.2, -0.15) is 0 Å². The molecule has 0 aromatic heterocycles. The van der Waals surface area contributed by atoms with E-state index in [1.807, 2.05) is 32.1 Å². The zero-order valence-electron chi connectivity index (χ0n) is 9.84. The summed E-state index contributed by atoms with van der Waals surface area (Å²) in [6.07, 6.45) is 1.89. The third kappa shape index (κ3) is 2.36. The summed E-state index contributed by atoms with van der Waals surface area (Å²) < 4.78 is 6.06. The average Bonchev–Trinajstić information content (AvgIpc) is 2.34. The first kappa shape index (κ1) is 12.2. The molecule has 1 aliphatic rings. The van der Waals surface area contributed by atoms with E-state index in [4.69, 9.17) is 4.74 Å². The van der Waals surface area contributed by atoms with E-state index in [9.17, 15) is 4.79 Å². The minimum absolute atomic E-state index is 0.244. The molecule has 0 aliphatic carbocycles. The lowest BCUT2D eigenvalue weighted by Crippen LogP contribution is -2.19. The van der Waals surface area contributed by atoms with Crippen molar-refractivity contribution in [2.45, 2.75) is 13.8 Å². The molecule has 1 aromatic rings. The van der Waals surface area contributed by atoms with Gasteiger partial charge in [0.1, 0.15) is 0 Å². The van der Waals surface area contributed by atoms with Gasteiger partial charge in [-0.15, -0.1) is 0 Å². The van der Waals surface area contributed by atoms with Gasteiger partial charge in [-0.1, -0.05) is 22.0 Å².